The lowest BCUT2D eigenvalue weighted by atomic mass is 10.2. The molecule has 0 heterocycles. The molecule has 0 saturated carbocycles. The summed E-state index contributed by atoms with van der Waals surface area (Å²) in [6.07, 6.45) is 0.790. The topological polar surface area (TPSA) is 58.6 Å². The van der Waals surface area contributed by atoms with Gasteiger partial charge in [-0.3, -0.25) is 10.1 Å². The Morgan fingerprint density at radius 2 is 2.25 bits per heavy atom. The lowest BCUT2D eigenvalue weighted by Gasteiger charge is -2.18. The second kappa shape index (κ2) is 5.97. The first-order valence-corrected chi connectivity index (χ1v) is 4.10. The quantitative estimate of drug-likeness (QED) is 0.573. The van der Waals surface area contributed by atoms with Gasteiger partial charge in [-0.1, -0.05) is 6.92 Å². The Bertz CT molecular complexity index is 134. The van der Waals surface area contributed by atoms with Crippen molar-refractivity contribution < 1.29 is 14.6 Å². The van der Waals surface area contributed by atoms with E-state index in [0.29, 0.717) is 0 Å². The van der Waals surface area contributed by atoms with Crippen molar-refractivity contribution in [2.75, 3.05) is 13.7 Å². The minimum atomic E-state index is -0.355. The summed E-state index contributed by atoms with van der Waals surface area (Å²) in [7, 11) is 1.35. The normalized spacial score (nSPS) is 15.3. The number of esters is 1. The number of ether oxygens (including phenoxy) is 1. The highest BCUT2D eigenvalue weighted by molar-refractivity contribution is 5.75. The van der Waals surface area contributed by atoms with Crippen LogP contribution in [0.15, 0.2) is 0 Å². The summed E-state index contributed by atoms with van der Waals surface area (Å²) in [5.74, 6) is -0.304. The van der Waals surface area contributed by atoms with E-state index in [-0.39, 0.29) is 24.7 Å². The second-order valence-corrected chi connectivity index (χ2v) is 2.70. The number of aliphatic hydroxyl groups excluding tert-OH is 1. The largest absolute Gasteiger partial charge is 0.468 e. The van der Waals surface area contributed by atoms with Crippen LogP contribution in [0.1, 0.15) is 20.3 Å². The monoisotopic (exact) mass is 175 g/mol. The van der Waals surface area contributed by atoms with Gasteiger partial charge in [0.05, 0.1) is 13.7 Å². The van der Waals surface area contributed by atoms with Gasteiger partial charge in [-0.2, -0.15) is 0 Å². The predicted octanol–water partition coefficient (Wildman–Crippen LogP) is -0.0916. The lowest BCUT2D eigenvalue weighted by Crippen LogP contribution is -2.43. The SMILES string of the molecule is CC[C@H](CO)NC(C)C(=O)OC. The van der Waals surface area contributed by atoms with Crippen LogP contribution in [0.5, 0.6) is 0 Å². The van der Waals surface area contributed by atoms with Crippen LogP contribution in [0, 0.1) is 0 Å². The molecule has 4 nitrogen and oxygen atoms in total. The van der Waals surface area contributed by atoms with Gasteiger partial charge >= 0.3 is 5.97 Å². The maximum Gasteiger partial charge on any atom is 0.322 e. The number of nitrogens with one attached hydrogen (secondary N) is 1. The van der Waals surface area contributed by atoms with Crippen molar-refractivity contribution in [2.24, 2.45) is 0 Å². The summed E-state index contributed by atoms with van der Waals surface area (Å²) in [5.41, 5.74) is 0. The Kier molecular flexibility index (Phi) is 5.66. The zero-order valence-corrected chi connectivity index (χ0v) is 7.83. The standard InChI is InChI=1S/C8H17NO3/c1-4-7(5-10)9-6(2)8(11)12-3/h6-7,9-10H,4-5H2,1-3H3/t6?,7-/m1/s1. The first-order valence-electron chi connectivity index (χ1n) is 4.10. The zero-order chi connectivity index (χ0) is 9.56. The van der Waals surface area contributed by atoms with E-state index in [1.54, 1.807) is 6.92 Å². The summed E-state index contributed by atoms with van der Waals surface area (Å²) in [4.78, 5) is 10.9. The average molecular weight is 175 g/mol. The molecule has 2 N–H and O–H groups in total. The fraction of sp³-hybridized carbons (Fsp3) is 0.875. The Balaban J connectivity index is 3.80. The summed E-state index contributed by atoms with van der Waals surface area (Å²) >= 11 is 0. The molecule has 4 heteroatoms. The molecule has 0 aromatic heterocycles. The van der Waals surface area contributed by atoms with E-state index in [1.807, 2.05) is 6.92 Å². The van der Waals surface area contributed by atoms with Crippen molar-refractivity contribution in [2.45, 2.75) is 32.4 Å². The van der Waals surface area contributed by atoms with Gasteiger partial charge in [0.2, 0.25) is 0 Å². The van der Waals surface area contributed by atoms with Crippen LogP contribution in [0.2, 0.25) is 0 Å². The van der Waals surface area contributed by atoms with Crippen molar-refractivity contribution in [3.05, 3.63) is 0 Å². The van der Waals surface area contributed by atoms with Gasteiger partial charge < -0.3 is 9.84 Å². The Morgan fingerprint density at radius 1 is 1.67 bits per heavy atom. The third-order valence-corrected chi connectivity index (χ3v) is 1.75. The molecular weight excluding hydrogens is 158 g/mol. The van der Waals surface area contributed by atoms with Crippen LogP contribution in [0.25, 0.3) is 0 Å². The van der Waals surface area contributed by atoms with E-state index in [9.17, 15) is 4.79 Å². The number of aliphatic hydroxyl groups is 1. The summed E-state index contributed by atoms with van der Waals surface area (Å²) in [6, 6.07) is -0.383. The molecular formula is C8H17NO3. The summed E-state index contributed by atoms with van der Waals surface area (Å²) < 4.78 is 4.52. The number of methoxy groups -OCH3 is 1. The van der Waals surface area contributed by atoms with Crippen molar-refractivity contribution >= 4 is 5.97 Å². The van der Waals surface area contributed by atoms with Gasteiger partial charge in [0.15, 0.2) is 0 Å². The molecule has 0 amide bonds. The first kappa shape index (κ1) is 11.4. The van der Waals surface area contributed by atoms with E-state index in [2.05, 4.69) is 10.1 Å². The highest BCUT2D eigenvalue weighted by Gasteiger charge is 2.15. The molecule has 12 heavy (non-hydrogen) atoms. The van der Waals surface area contributed by atoms with Crippen molar-refractivity contribution in [1.82, 2.24) is 5.32 Å². The predicted molar refractivity (Wildman–Crippen MR) is 45.8 cm³/mol. The second-order valence-electron chi connectivity index (χ2n) is 2.70. The van der Waals surface area contributed by atoms with Gasteiger partial charge in [0, 0.05) is 6.04 Å². The molecule has 0 fully saturated rings. The van der Waals surface area contributed by atoms with Crippen molar-refractivity contribution in [1.29, 1.82) is 0 Å². The minimum Gasteiger partial charge on any atom is -0.468 e. The van der Waals surface area contributed by atoms with Gasteiger partial charge in [0.1, 0.15) is 6.04 Å². The lowest BCUT2D eigenvalue weighted by molar-refractivity contribution is -0.142. The highest BCUT2D eigenvalue weighted by atomic mass is 16.5. The van der Waals surface area contributed by atoms with E-state index >= 15 is 0 Å². The van der Waals surface area contributed by atoms with Gasteiger partial charge in [-0.25, -0.2) is 0 Å². The molecule has 0 aliphatic heterocycles. The molecule has 0 radical (unpaired) electrons. The molecule has 0 aromatic rings. The third kappa shape index (κ3) is 3.69. The van der Waals surface area contributed by atoms with Gasteiger partial charge in [-0.15, -0.1) is 0 Å². The maximum absolute atomic E-state index is 10.9. The number of carbonyl (C=O) groups is 1. The van der Waals surface area contributed by atoms with Crippen LogP contribution >= 0.6 is 0 Å². The molecule has 2 atom stereocenters. The third-order valence-electron chi connectivity index (χ3n) is 1.75. The molecule has 0 aliphatic carbocycles. The van der Waals surface area contributed by atoms with Crippen molar-refractivity contribution in [3.8, 4) is 0 Å². The molecule has 0 rings (SSSR count). The first-order chi connectivity index (χ1) is 5.65. The molecule has 72 valence electrons. The van der Waals surface area contributed by atoms with E-state index in [1.165, 1.54) is 7.11 Å². The van der Waals surface area contributed by atoms with Crippen LogP contribution < -0.4 is 5.32 Å². The van der Waals surface area contributed by atoms with Crippen LogP contribution in [0.3, 0.4) is 0 Å². The smallest absolute Gasteiger partial charge is 0.322 e. The maximum atomic E-state index is 10.9. The Morgan fingerprint density at radius 3 is 2.58 bits per heavy atom. The molecule has 0 bridgehead atoms. The molecule has 0 aliphatic rings. The van der Waals surface area contributed by atoms with Crippen LogP contribution in [-0.2, 0) is 9.53 Å². The molecule has 0 spiro atoms. The minimum absolute atomic E-state index is 0.0286. The summed E-state index contributed by atoms with van der Waals surface area (Å²) in [6.45, 7) is 3.69. The molecule has 0 saturated heterocycles. The van der Waals surface area contributed by atoms with Crippen molar-refractivity contribution in [3.63, 3.8) is 0 Å². The Hall–Kier alpha value is -0.610. The Labute approximate surface area is 72.9 Å². The van der Waals surface area contributed by atoms with E-state index < -0.39 is 0 Å². The van der Waals surface area contributed by atoms with Gasteiger partial charge in [-0.05, 0) is 13.3 Å². The highest BCUT2D eigenvalue weighted by Crippen LogP contribution is 1.93. The zero-order valence-electron chi connectivity index (χ0n) is 7.83. The molecule has 0 aromatic carbocycles. The van der Waals surface area contributed by atoms with Crippen LogP contribution in [0.4, 0.5) is 0 Å². The fourth-order valence-corrected chi connectivity index (χ4v) is 0.898. The van der Waals surface area contributed by atoms with Crippen LogP contribution in [-0.4, -0.2) is 36.9 Å². The number of hydrogen-bond donors (Lipinski definition) is 2. The van der Waals surface area contributed by atoms with E-state index in [4.69, 9.17) is 5.11 Å². The molecule has 1 unspecified atom stereocenters. The van der Waals surface area contributed by atoms with Gasteiger partial charge in [0.25, 0.3) is 0 Å². The number of rotatable bonds is 5. The average Bonchev–Trinajstić information content (AvgIpc) is 2.12. The number of carbonyl (C=O) groups excluding carboxylic acids is 1. The summed E-state index contributed by atoms with van der Waals surface area (Å²) in [5, 5.41) is 11.8. The fourth-order valence-electron chi connectivity index (χ4n) is 0.898. The van der Waals surface area contributed by atoms with E-state index in [0.717, 1.165) is 6.42 Å². The number of hydrogen-bond acceptors (Lipinski definition) is 4.